The standard InChI is InChI=1S/C15H23N5O10/c16-6(3-11(24)25)13(28)20-8(4-9(17)21)15(30)19-7(1-2-10(22)23)14(29)18-5-12(26)27/h6-8H,1-5,16H2,(H2,17,21)(H,18,29)(H,19,30)(H,20,28)(H,22,23)(H,24,25)(H,26,27). The fraction of sp³-hybridized carbons (Fsp3) is 0.533. The topological polar surface area (TPSA) is 268 Å². The lowest BCUT2D eigenvalue weighted by Gasteiger charge is -2.23. The number of hydrogen-bond donors (Lipinski definition) is 8. The van der Waals surface area contributed by atoms with Crippen molar-refractivity contribution in [3.05, 3.63) is 0 Å². The molecule has 15 heteroatoms. The highest BCUT2D eigenvalue weighted by Crippen LogP contribution is 2.02. The third-order valence-electron chi connectivity index (χ3n) is 3.46. The van der Waals surface area contributed by atoms with Crippen LogP contribution in [0.15, 0.2) is 0 Å². The summed E-state index contributed by atoms with van der Waals surface area (Å²) in [5.41, 5.74) is 10.4. The molecule has 0 saturated heterocycles. The molecule has 0 heterocycles. The Bertz CT molecular complexity index is 710. The molecule has 0 spiro atoms. The number of nitrogens with two attached hydrogens (primary N) is 2. The summed E-state index contributed by atoms with van der Waals surface area (Å²) < 4.78 is 0. The van der Waals surface area contributed by atoms with E-state index in [1.165, 1.54) is 0 Å². The molecule has 0 radical (unpaired) electrons. The third-order valence-corrected chi connectivity index (χ3v) is 3.46. The maximum absolute atomic E-state index is 12.4. The summed E-state index contributed by atoms with van der Waals surface area (Å²) in [7, 11) is 0. The van der Waals surface area contributed by atoms with Crippen molar-refractivity contribution in [2.75, 3.05) is 6.54 Å². The number of nitrogens with one attached hydrogen (secondary N) is 3. The zero-order valence-electron chi connectivity index (χ0n) is 15.6. The van der Waals surface area contributed by atoms with E-state index in [0.29, 0.717) is 0 Å². The predicted molar refractivity (Wildman–Crippen MR) is 95.4 cm³/mol. The second-order valence-electron chi connectivity index (χ2n) is 6.04. The Hall–Kier alpha value is -3.75. The quantitative estimate of drug-likeness (QED) is 0.130. The van der Waals surface area contributed by atoms with Crippen LogP contribution in [0.2, 0.25) is 0 Å². The van der Waals surface area contributed by atoms with Crippen molar-refractivity contribution in [2.24, 2.45) is 11.5 Å². The summed E-state index contributed by atoms with van der Waals surface area (Å²) in [6.45, 7) is -0.802. The van der Waals surface area contributed by atoms with Crippen LogP contribution in [-0.4, -0.2) is 81.5 Å². The zero-order chi connectivity index (χ0) is 23.4. The van der Waals surface area contributed by atoms with E-state index >= 15 is 0 Å². The van der Waals surface area contributed by atoms with Gasteiger partial charge in [0.25, 0.3) is 0 Å². The Morgan fingerprint density at radius 3 is 1.77 bits per heavy atom. The highest BCUT2D eigenvalue weighted by atomic mass is 16.4. The van der Waals surface area contributed by atoms with Gasteiger partial charge >= 0.3 is 17.9 Å². The van der Waals surface area contributed by atoms with Crippen LogP contribution in [0.3, 0.4) is 0 Å². The van der Waals surface area contributed by atoms with Gasteiger partial charge in [0.2, 0.25) is 23.6 Å². The number of aliphatic carboxylic acids is 3. The van der Waals surface area contributed by atoms with E-state index < -0.39 is 91.9 Å². The first-order chi connectivity index (χ1) is 13.8. The van der Waals surface area contributed by atoms with E-state index in [4.69, 9.17) is 26.8 Å². The summed E-state index contributed by atoms with van der Waals surface area (Å²) >= 11 is 0. The van der Waals surface area contributed by atoms with E-state index in [1.54, 1.807) is 0 Å². The van der Waals surface area contributed by atoms with E-state index in [1.807, 2.05) is 10.6 Å². The molecular weight excluding hydrogens is 410 g/mol. The molecule has 3 unspecified atom stereocenters. The number of carboxylic acid groups (broad SMARTS) is 3. The fourth-order valence-electron chi connectivity index (χ4n) is 2.06. The maximum Gasteiger partial charge on any atom is 0.322 e. The molecular formula is C15H23N5O10. The summed E-state index contributed by atoms with van der Waals surface area (Å²) in [5.74, 6) is -8.34. The lowest BCUT2D eigenvalue weighted by Crippen LogP contribution is -2.57. The average molecular weight is 433 g/mol. The van der Waals surface area contributed by atoms with Crippen molar-refractivity contribution in [3.63, 3.8) is 0 Å². The van der Waals surface area contributed by atoms with Crippen LogP contribution in [0.1, 0.15) is 25.7 Å². The zero-order valence-corrected chi connectivity index (χ0v) is 15.6. The molecule has 4 amide bonds. The Labute approximate surface area is 169 Å². The number of rotatable bonds is 14. The van der Waals surface area contributed by atoms with Crippen LogP contribution >= 0.6 is 0 Å². The summed E-state index contributed by atoms with van der Waals surface area (Å²) in [6, 6.07) is -4.70. The van der Waals surface area contributed by atoms with Crippen molar-refractivity contribution < 1.29 is 48.9 Å². The van der Waals surface area contributed by atoms with E-state index in [2.05, 4.69) is 5.32 Å². The highest BCUT2D eigenvalue weighted by Gasteiger charge is 2.30. The maximum atomic E-state index is 12.4. The van der Waals surface area contributed by atoms with Gasteiger partial charge in [-0.25, -0.2) is 0 Å². The Balaban J connectivity index is 5.33. The molecule has 0 aromatic heterocycles. The van der Waals surface area contributed by atoms with Crippen LogP contribution in [0.5, 0.6) is 0 Å². The van der Waals surface area contributed by atoms with Gasteiger partial charge in [-0.05, 0) is 6.42 Å². The van der Waals surface area contributed by atoms with Crippen molar-refractivity contribution >= 4 is 41.5 Å². The molecule has 0 aromatic carbocycles. The van der Waals surface area contributed by atoms with Crippen molar-refractivity contribution in [1.82, 2.24) is 16.0 Å². The van der Waals surface area contributed by atoms with Crippen molar-refractivity contribution in [3.8, 4) is 0 Å². The van der Waals surface area contributed by atoms with Gasteiger partial charge in [0.05, 0.1) is 18.9 Å². The number of primary amides is 1. The van der Waals surface area contributed by atoms with Gasteiger partial charge in [-0.15, -0.1) is 0 Å². The largest absolute Gasteiger partial charge is 0.481 e. The van der Waals surface area contributed by atoms with E-state index in [-0.39, 0.29) is 0 Å². The lowest BCUT2D eigenvalue weighted by atomic mass is 10.1. The normalized spacial score (nSPS) is 13.2. The minimum Gasteiger partial charge on any atom is -0.481 e. The van der Waals surface area contributed by atoms with Gasteiger partial charge in [0.1, 0.15) is 18.6 Å². The smallest absolute Gasteiger partial charge is 0.322 e. The second-order valence-corrected chi connectivity index (χ2v) is 6.04. The molecule has 0 saturated carbocycles. The predicted octanol–water partition coefficient (Wildman–Crippen LogP) is -4.30. The lowest BCUT2D eigenvalue weighted by molar-refractivity contribution is -0.141. The number of amides is 4. The van der Waals surface area contributed by atoms with Crippen LogP contribution in [-0.2, 0) is 33.6 Å². The van der Waals surface area contributed by atoms with Gasteiger partial charge in [-0.1, -0.05) is 0 Å². The second kappa shape index (κ2) is 12.7. The van der Waals surface area contributed by atoms with Gasteiger partial charge in [-0.2, -0.15) is 0 Å². The number of carbonyl (C=O) groups excluding carboxylic acids is 4. The van der Waals surface area contributed by atoms with Crippen LogP contribution in [0.4, 0.5) is 0 Å². The molecule has 0 aromatic rings. The van der Waals surface area contributed by atoms with Gasteiger partial charge in [-0.3, -0.25) is 33.6 Å². The fourth-order valence-corrected chi connectivity index (χ4v) is 2.06. The highest BCUT2D eigenvalue weighted by molar-refractivity contribution is 5.96. The monoisotopic (exact) mass is 433 g/mol. The Morgan fingerprint density at radius 2 is 1.30 bits per heavy atom. The first-order valence-corrected chi connectivity index (χ1v) is 8.41. The molecule has 0 aliphatic heterocycles. The van der Waals surface area contributed by atoms with Crippen LogP contribution in [0, 0.1) is 0 Å². The average Bonchev–Trinajstić information content (AvgIpc) is 2.60. The SMILES string of the molecule is NC(=O)CC(NC(=O)C(N)CC(=O)O)C(=O)NC(CCC(=O)O)C(=O)NCC(=O)O. The first kappa shape index (κ1) is 26.2. The van der Waals surface area contributed by atoms with Crippen molar-refractivity contribution in [2.45, 2.75) is 43.8 Å². The molecule has 10 N–H and O–H groups in total. The Morgan fingerprint density at radius 1 is 0.733 bits per heavy atom. The van der Waals surface area contributed by atoms with Gasteiger partial charge < -0.3 is 42.7 Å². The summed E-state index contributed by atoms with van der Waals surface area (Å²) in [4.78, 5) is 79.5. The first-order valence-electron chi connectivity index (χ1n) is 8.41. The van der Waals surface area contributed by atoms with Gasteiger partial charge in [0.15, 0.2) is 0 Å². The van der Waals surface area contributed by atoms with Crippen LogP contribution in [0.25, 0.3) is 0 Å². The number of carbonyl (C=O) groups is 7. The summed E-state index contributed by atoms with van der Waals surface area (Å²) in [5, 5.41) is 32.1. The number of hydrogen-bond acceptors (Lipinski definition) is 8. The minimum atomic E-state index is -1.64. The third kappa shape index (κ3) is 11.2. The van der Waals surface area contributed by atoms with Crippen molar-refractivity contribution in [1.29, 1.82) is 0 Å². The molecule has 30 heavy (non-hydrogen) atoms. The molecule has 0 aliphatic rings. The van der Waals surface area contributed by atoms with E-state index in [0.717, 1.165) is 0 Å². The van der Waals surface area contributed by atoms with Gasteiger partial charge in [0, 0.05) is 6.42 Å². The van der Waals surface area contributed by atoms with E-state index in [9.17, 15) is 33.6 Å². The molecule has 0 aliphatic carbocycles. The molecule has 0 rings (SSSR count). The molecule has 168 valence electrons. The number of carboxylic acids is 3. The molecule has 15 nitrogen and oxygen atoms in total. The molecule has 0 fully saturated rings. The Kier molecular flexibility index (Phi) is 11.1. The molecule has 3 atom stereocenters. The minimum absolute atomic E-state index is 0.428. The van der Waals surface area contributed by atoms with Crippen LogP contribution < -0.4 is 27.4 Å². The molecule has 0 bridgehead atoms. The summed E-state index contributed by atoms with van der Waals surface area (Å²) in [6.07, 6.45) is -2.50.